The van der Waals surface area contributed by atoms with Crippen LogP contribution in [0.3, 0.4) is 0 Å². The fourth-order valence-corrected chi connectivity index (χ4v) is 1.89. The van der Waals surface area contributed by atoms with Gasteiger partial charge in [-0.05, 0) is 39.0 Å². The SMILES string of the molecule is CC(C)CC(C)OC(=O)C(C)CCCC(C)N. The van der Waals surface area contributed by atoms with Crippen molar-refractivity contribution in [2.75, 3.05) is 0 Å². The van der Waals surface area contributed by atoms with E-state index in [0.717, 1.165) is 25.7 Å². The average Bonchev–Trinajstić information content (AvgIpc) is 2.15. The Morgan fingerprint density at radius 3 is 2.18 bits per heavy atom. The Kier molecular flexibility index (Phi) is 8.23. The predicted octanol–water partition coefficient (Wildman–Crippen LogP) is 3.12. The van der Waals surface area contributed by atoms with E-state index in [0.29, 0.717) is 5.92 Å². The van der Waals surface area contributed by atoms with E-state index in [9.17, 15) is 4.79 Å². The van der Waals surface area contributed by atoms with Gasteiger partial charge in [-0.1, -0.05) is 27.2 Å². The molecule has 3 nitrogen and oxygen atoms in total. The molecule has 0 aliphatic heterocycles. The van der Waals surface area contributed by atoms with E-state index in [2.05, 4.69) is 13.8 Å². The third-order valence-electron chi connectivity index (χ3n) is 2.82. The number of nitrogens with two attached hydrogens (primary N) is 1. The number of carbonyl (C=O) groups is 1. The minimum absolute atomic E-state index is 0.0108. The van der Waals surface area contributed by atoms with Crippen molar-refractivity contribution in [3.63, 3.8) is 0 Å². The van der Waals surface area contributed by atoms with Crippen LogP contribution in [0.25, 0.3) is 0 Å². The molecule has 0 rings (SSSR count). The fraction of sp³-hybridized carbons (Fsp3) is 0.929. The van der Waals surface area contributed by atoms with E-state index in [4.69, 9.17) is 10.5 Å². The van der Waals surface area contributed by atoms with E-state index in [-0.39, 0.29) is 24.0 Å². The molecule has 0 bridgehead atoms. The summed E-state index contributed by atoms with van der Waals surface area (Å²) in [6.45, 7) is 10.2. The highest BCUT2D eigenvalue weighted by atomic mass is 16.5. The van der Waals surface area contributed by atoms with Crippen LogP contribution in [0.5, 0.6) is 0 Å². The summed E-state index contributed by atoms with van der Waals surface area (Å²) in [7, 11) is 0. The lowest BCUT2D eigenvalue weighted by atomic mass is 10.0. The molecule has 3 atom stereocenters. The Balaban J connectivity index is 3.81. The summed E-state index contributed by atoms with van der Waals surface area (Å²) in [5.41, 5.74) is 5.67. The number of hydrogen-bond donors (Lipinski definition) is 1. The van der Waals surface area contributed by atoms with Gasteiger partial charge in [-0.15, -0.1) is 0 Å². The number of esters is 1. The van der Waals surface area contributed by atoms with Crippen LogP contribution in [0, 0.1) is 11.8 Å². The van der Waals surface area contributed by atoms with Gasteiger partial charge in [-0.3, -0.25) is 4.79 Å². The van der Waals surface area contributed by atoms with Crippen molar-refractivity contribution < 1.29 is 9.53 Å². The molecule has 0 saturated carbocycles. The Labute approximate surface area is 106 Å². The van der Waals surface area contributed by atoms with Gasteiger partial charge >= 0.3 is 5.97 Å². The fourth-order valence-electron chi connectivity index (χ4n) is 1.89. The molecule has 0 heterocycles. The third kappa shape index (κ3) is 9.16. The van der Waals surface area contributed by atoms with Gasteiger partial charge in [-0.25, -0.2) is 0 Å². The van der Waals surface area contributed by atoms with Crippen molar-refractivity contribution in [1.82, 2.24) is 0 Å². The lowest BCUT2D eigenvalue weighted by molar-refractivity contribution is -0.153. The van der Waals surface area contributed by atoms with Gasteiger partial charge in [-0.2, -0.15) is 0 Å². The number of hydrogen-bond acceptors (Lipinski definition) is 3. The zero-order valence-electron chi connectivity index (χ0n) is 12.0. The first-order valence-electron chi connectivity index (χ1n) is 6.79. The van der Waals surface area contributed by atoms with E-state index >= 15 is 0 Å². The molecule has 0 radical (unpaired) electrons. The zero-order chi connectivity index (χ0) is 13.4. The van der Waals surface area contributed by atoms with E-state index in [1.807, 2.05) is 20.8 Å². The maximum atomic E-state index is 11.8. The predicted molar refractivity (Wildman–Crippen MR) is 71.7 cm³/mol. The molecule has 0 amide bonds. The minimum atomic E-state index is -0.0668. The molecule has 0 saturated heterocycles. The quantitative estimate of drug-likeness (QED) is 0.666. The summed E-state index contributed by atoms with van der Waals surface area (Å²) in [6.07, 6.45) is 3.79. The second-order valence-electron chi connectivity index (χ2n) is 5.69. The Morgan fingerprint density at radius 1 is 1.12 bits per heavy atom. The van der Waals surface area contributed by atoms with Crippen LogP contribution in [0.15, 0.2) is 0 Å². The Morgan fingerprint density at radius 2 is 1.71 bits per heavy atom. The third-order valence-corrected chi connectivity index (χ3v) is 2.82. The highest BCUT2D eigenvalue weighted by molar-refractivity contribution is 5.72. The van der Waals surface area contributed by atoms with Crippen molar-refractivity contribution in [2.24, 2.45) is 17.6 Å². The summed E-state index contributed by atoms with van der Waals surface area (Å²) in [5, 5.41) is 0. The van der Waals surface area contributed by atoms with Crippen molar-refractivity contribution >= 4 is 5.97 Å². The van der Waals surface area contributed by atoms with Crippen LogP contribution in [-0.2, 0) is 9.53 Å². The number of ether oxygens (including phenoxy) is 1. The van der Waals surface area contributed by atoms with Crippen LogP contribution >= 0.6 is 0 Å². The standard InChI is InChI=1S/C14H29NO2/c1-10(2)9-13(5)17-14(16)11(3)7-6-8-12(4)15/h10-13H,6-9,15H2,1-5H3. The summed E-state index contributed by atoms with van der Waals surface area (Å²) >= 11 is 0. The van der Waals surface area contributed by atoms with Crippen LogP contribution in [0.2, 0.25) is 0 Å². The van der Waals surface area contributed by atoms with Crippen LogP contribution in [0.4, 0.5) is 0 Å². The number of carbonyl (C=O) groups excluding carboxylic acids is 1. The topological polar surface area (TPSA) is 52.3 Å². The van der Waals surface area contributed by atoms with Crippen LogP contribution in [-0.4, -0.2) is 18.1 Å². The first-order valence-corrected chi connectivity index (χ1v) is 6.79. The summed E-state index contributed by atoms with van der Waals surface area (Å²) in [5.74, 6) is 0.484. The average molecular weight is 243 g/mol. The van der Waals surface area contributed by atoms with Gasteiger partial charge in [0.05, 0.1) is 12.0 Å². The summed E-state index contributed by atoms with van der Waals surface area (Å²) < 4.78 is 5.41. The van der Waals surface area contributed by atoms with Gasteiger partial charge in [0.2, 0.25) is 0 Å². The molecule has 3 unspecified atom stereocenters. The molecule has 102 valence electrons. The lowest BCUT2D eigenvalue weighted by Gasteiger charge is -2.18. The van der Waals surface area contributed by atoms with Gasteiger partial charge in [0, 0.05) is 6.04 Å². The molecule has 0 spiro atoms. The monoisotopic (exact) mass is 243 g/mol. The molecule has 0 aliphatic carbocycles. The van der Waals surface area contributed by atoms with E-state index in [1.54, 1.807) is 0 Å². The largest absolute Gasteiger partial charge is 0.462 e. The Hall–Kier alpha value is -0.570. The summed E-state index contributed by atoms with van der Waals surface area (Å²) in [6, 6.07) is 0.220. The molecule has 0 fully saturated rings. The van der Waals surface area contributed by atoms with Crippen molar-refractivity contribution in [3.8, 4) is 0 Å². The van der Waals surface area contributed by atoms with Crippen molar-refractivity contribution in [1.29, 1.82) is 0 Å². The highest BCUT2D eigenvalue weighted by Crippen LogP contribution is 2.14. The maximum Gasteiger partial charge on any atom is 0.308 e. The maximum absolute atomic E-state index is 11.8. The van der Waals surface area contributed by atoms with E-state index < -0.39 is 0 Å². The molecular weight excluding hydrogens is 214 g/mol. The smallest absolute Gasteiger partial charge is 0.308 e. The minimum Gasteiger partial charge on any atom is -0.462 e. The van der Waals surface area contributed by atoms with Gasteiger partial charge in [0.1, 0.15) is 0 Å². The van der Waals surface area contributed by atoms with Crippen LogP contribution in [0.1, 0.15) is 60.3 Å². The second kappa shape index (κ2) is 8.51. The van der Waals surface area contributed by atoms with Crippen molar-refractivity contribution in [2.45, 2.75) is 72.4 Å². The molecule has 0 aromatic rings. The normalized spacial score (nSPS) is 16.6. The Bertz CT molecular complexity index is 214. The molecule has 2 N–H and O–H groups in total. The number of rotatable bonds is 8. The zero-order valence-corrected chi connectivity index (χ0v) is 12.0. The van der Waals surface area contributed by atoms with Gasteiger partial charge in [0.15, 0.2) is 0 Å². The molecule has 0 aromatic heterocycles. The summed E-state index contributed by atoms with van der Waals surface area (Å²) in [4.78, 5) is 11.8. The van der Waals surface area contributed by atoms with Gasteiger partial charge in [0.25, 0.3) is 0 Å². The van der Waals surface area contributed by atoms with Crippen LogP contribution < -0.4 is 5.73 Å². The lowest BCUT2D eigenvalue weighted by Crippen LogP contribution is -2.22. The van der Waals surface area contributed by atoms with Crippen molar-refractivity contribution in [3.05, 3.63) is 0 Å². The first kappa shape index (κ1) is 16.4. The van der Waals surface area contributed by atoms with E-state index in [1.165, 1.54) is 0 Å². The molecule has 0 aliphatic rings. The molecular formula is C14H29NO2. The highest BCUT2D eigenvalue weighted by Gasteiger charge is 2.17. The van der Waals surface area contributed by atoms with Gasteiger partial charge < -0.3 is 10.5 Å². The molecule has 0 aromatic carbocycles. The first-order chi connectivity index (χ1) is 7.82. The molecule has 3 heteroatoms. The second-order valence-corrected chi connectivity index (χ2v) is 5.69. The molecule has 17 heavy (non-hydrogen) atoms.